The highest BCUT2D eigenvalue weighted by Crippen LogP contribution is 2.40. The molecule has 2 aliphatic rings. The summed E-state index contributed by atoms with van der Waals surface area (Å²) in [5.74, 6) is -0.672. The van der Waals surface area contributed by atoms with Crippen LogP contribution in [0.15, 0.2) is 0 Å². The molecule has 1 unspecified atom stereocenters. The summed E-state index contributed by atoms with van der Waals surface area (Å²) < 4.78 is 9.80. The van der Waals surface area contributed by atoms with E-state index in [1.54, 1.807) is 6.92 Å². The Morgan fingerprint density at radius 1 is 1.46 bits per heavy atom. The number of ether oxygens (including phenoxy) is 2. The van der Waals surface area contributed by atoms with Crippen molar-refractivity contribution in [1.82, 2.24) is 0 Å². The molecule has 4 atom stereocenters. The SMILES string of the molecule is CC1CO[C@]12C(=O)OC[C@@H](O)[C@H]2O. The van der Waals surface area contributed by atoms with Gasteiger partial charge in [0.15, 0.2) is 5.60 Å². The second-order valence-electron chi connectivity index (χ2n) is 3.62. The van der Waals surface area contributed by atoms with Gasteiger partial charge >= 0.3 is 5.97 Å². The van der Waals surface area contributed by atoms with Gasteiger partial charge < -0.3 is 19.7 Å². The fourth-order valence-electron chi connectivity index (χ4n) is 1.84. The van der Waals surface area contributed by atoms with Crippen molar-refractivity contribution in [3.8, 4) is 0 Å². The van der Waals surface area contributed by atoms with Crippen LogP contribution >= 0.6 is 0 Å². The van der Waals surface area contributed by atoms with Gasteiger partial charge in [-0.3, -0.25) is 0 Å². The molecule has 0 bridgehead atoms. The predicted molar refractivity (Wildman–Crippen MR) is 40.8 cm³/mol. The molecule has 2 rings (SSSR count). The maximum atomic E-state index is 11.3. The van der Waals surface area contributed by atoms with Crippen molar-refractivity contribution in [3.63, 3.8) is 0 Å². The van der Waals surface area contributed by atoms with Gasteiger partial charge in [-0.1, -0.05) is 6.92 Å². The molecule has 0 amide bonds. The zero-order valence-corrected chi connectivity index (χ0v) is 7.27. The van der Waals surface area contributed by atoms with Crippen molar-refractivity contribution in [1.29, 1.82) is 0 Å². The predicted octanol–water partition coefficient (Wildman–Crippen LogP) is -1.33. The van der Waals surface area contributed by atoms with Crippen LogP contribution in [-0.4, -0.2) is 47.2 Å². The molecule has 1 spiro atoms. The molecule has 2 heterocycles. The maximum absolute atomic E-state index is 11.3. The normalized spacial score (nSPS) is 50.1. The van der Waals surface area contributed by atoms with Crippen LogP contribution in [0.1, 0.15) is 6.92 Å². The third-order valence-electron chi connectivity index (χ3n) is 2.81. The summed E-state index contributed by atoms with van der Waals surface area (Å²) >= 11 is 0. The fraction of sp³-hybridized carbons (Fsp3) is 0.875. The van der Waals surface area contributed by atoms with E-state index < -0.39 is 23.8 Å². The van der Waals surface area contributed by atoms with Crippen LogP contribution in [0.3, 0.4) is 0 Å². The van der Waals surface area contributed by atoms with Crippen molar-refractivity contribution >= 4 is 5.97 Å². The van der Waals surface area contributed by atoms with Crippen molar-refractivity contribution in [2.24, 2.45) is 5.92 Å². The van der Waals surface area contributed by atoms with Crippen LogP contribution < -0.4 is 0 Å². The van der Waals surface area contributed by atoms with E-state index in [-0.39, 0.29) is 12.5 Å². The summed E-state index contributed by atoms with van der Waals surface area (Å²) in [4.78, 5) is 11.3. The lowest BCUT2D eigenvalue weighted by molar-refractivity contribution is -0.285. The molecule has 2 aliphatic heterocycles. The van der Waals surface area contributed by atoms with Crippen LogP contribution in [0.4, 0.5) is 0 Å². The number of hydrogen-bond donors (Lipinski definition) is 2. The third kappa shape index (κ3) is 0.948. The van der Waals surface area contributed by atoms with Crippen molar-refractivity contribution in [3.05, 3.63) is 0 Å². The molecule has 5 nitrogen and oxygen atoms in total. The second-order valence-corrected chi connectivity index (χ2v) is 3.62. The molecule has 74 valence electrons. The topological polar surface area (TPSA) is 76.0 Å². The Bertz CT molecular complexity index is 241. The molecule has 2 N–H and O–H groups in total. The first-order chi connectivity index (χ1) is 6.09. The zero-order valence-electron chi connectivity index (χ0n) is 7.27. The van der Waals surface area contributed by atoms with E-state index in [0.29, 0.717) is 6.61 Å². The molecule has 0 aromatic carbocycles. The van der Waals surface area contributed by atoms with Crippen LogP contribution in [-0.2, 0) is 14.3 Å². The van der Waals surface area contributed by atoms with Crippen molar-refractivity contribution in [2.45, 2.75) is 24.7 Å². The Morgan fingerprint density at radius 2 is 2.15 bits per heavy atom. The first-order valence-electron chi connectivity index (χ1n) is 4.26. The minimum Gasteiger partial charge on any atom is -0.461 e. The lowest BCUT2D eigenvalue weighted by Gasteiger charge is -2.51. The molecule has 2 saturated heterocycles. The minimum atomic E-state index is -1.31. The minimum absolute atomic E-state index is 0.107. The smallest absolute Gasteiger partial charge is 0.341 e. The average Bonchev–Trinajstić information content (AvgIpc) is 2.10. The monoisotopic (exact) mass is 188 g/mol. The number of carbonyl (C=O) groups excluding carboxylic acids is 1. The Balaban J connectivity index is 2.27. The first-order valence-corrected chi connectivity index (χ1v) is 4.26. The highest BCUT2D eigenvalue weighted by atomic mass is 16.6. The summed E-state index contributed by atoms with van der Waals surface area (Å²) in [5.41, 5.74) is -1.31. The van der Waals surface area contributed by atoms with E-state index in [9.17, 15) is 15.0 Å². The number of aliphatic hydroxyl groups is 2. The van der Waals surface area contributed by atoms with E-state index >= 15 is 0 Å². The van der Waals surface area contributed by atoms with E-state index in [1.165, 1.54) is 0 Å². The Labute approximate surface area is 75.3 Å². The number of esters is 1. The highest BCUT2D eigenvalue weighted by molar-refractivity contribution is 5.83. The van der Waals surface area contributed by atoms with Crippen LogP contribution in [0.2, 0.25) is 0 Å². The van der Waals surface area contributed by atoms with Gasteiger partial charge in [0.25, 0.3) is 0 Å². The van der Waals surface area contributed by atoms with Gasteiger partial charge in [0.2, 0.25) is 0 Å². The molecule has 2 fully saturated rings. The largest absolute Gasteiger partial charge is 0.461 e. The summed E-state index contributed by atoms with van der Waals surface area (Å²) in [6.45, 7) is 2.04. The van der Waals surface area contributed by atoms with Gasteiger partial charge in [0.05, 0.1) is 6.61 Å². The number of carbonyl (C=O) groups is 1. The third-order valence-corrected chi connectivity index (χ3v) is 2.81. The Morgan fingerprint density at radius 3 is 2.54 bits per heavy atom. The van der Waals surface area contributed by atoms with Crippen LogP contribution in [0.25, 0.3) is 0 Å². The van der Waals surface area contributed by atoms with Gasteiger partial charge in [0, 0.05) is 5.92 Å². The molecule has 0 aromatic heterocycles. The van der Waals surface area contributed by atoms with Crippen molar-refractivity contribution < 1.29 is 24.5 Å². The number of aliphatic hydroxyl groups excluding tert-OH is 2. The van der Waals surface area contributed by atoms with Crippen LogP contribution in [0.5, 0.6) is 0 Å². The standard InChI is InChI=1S/C8H12O5/c1-4-2-13-8(4)6(10)5(9)3-12-7(8)11/h4-6,9-10H,2-3H2,1H3/t4?,5-,6-,8-/m1/s1. The van der Waals surface area contributed by atoms with Gasteiger partial charge in [-0.05, 0) is 0 Å². The number of rotatable bonds is 0. The van der Waals surface area contributed by atoms with E-state index in [1.807, 2.05) is 0 Å². The van der Waals surface area contributed by atoms with Gasteiger partial charge in [-0.15, -0.1) is 0 Å². The van der Waals surface area contributed by atoms with Gasteiger partial charge in [-0.2, -0.15) is 0 Å². The Kier molecular flexibility index (Phi) is 1.83. The molecule has 0 aliphatic carbocycles. The van der Waals surface area contributed by atoms with Crippen molar-refractivity contribution in [2.75, 3.05) is 13.2 Å². The summed E-state index contributed by atoms with van der Waals surface area (Å²) in [6, 6.07) is 0. The summed E-state index contributed by atoms with van der Waals surface area (Å²) in [6.07, 6.45) is -2.21. The molecule has 0 radical (unpaired) electrons. The molecule has 0 saturated carbocycles. The number of hydrogen-bond acceptors (Lipinski definition) is 5. The molecular formula is C8H12O5. The molecule has 5 heteroatoms. The van der Waals surface area contributed by atoms with Gasteiger partial charge in [0.1, 0.15) is 18.8 Å². The van der Waals surface area contributed by atoms with E-state index in [0.717, 1.165) is 0 Å². The van der Waals surface area contributed by atoms with Crippen LogP contribution in [0, 0.1) is 5.92 Å². The molecule has 0 aromatic rings. The lowest BCUT2D eigenvalue weighted by Crippen LogP contribution is -2.71. The second kappa shape index (κ2) is 2.67. The Hall–Kier alpha value is -0.650. The first kappa shape index (κ1) is 8.93. The van der Waals surface area contributed by atoms with Gasteiger partial charge in [-0.25, -0.2) is 4.79 Å². The lowest BCUT2D eigenvalue weighted by atomic mass is 9.76. The number of cyclic esters (lactones) is 1. The summed E-state index contributed by atoms with van der Waals surface area (Å²) in [5, 5.41) is 18.9. The fourth-order valence-corrected chi connectivity index (χ4v) is 1.84. The molecule has 13 heavy (non-hydrogen) atoms. The van der Waals surface area contributed by atoms with E-state index in [4.69, 9.17) is 9.47 Å². The molecular weight excluding hydrogens is 176 g/mol. The maximum Gasteiger partial charge on any atom is 0.341 e. The average molecular weight is 188 g/mol. The van der Waals surface area contributed by atoms with E-state index in [2.05, 4.69) is 0 Å². The zero-order chi connectivity index (χ0) is 9.64. The summed E-state index contributed by atoms with van der Waals surface area (Å²) in [7, 11) is 0. The highest BCUT2D eigenvalue weighted by Gasteiger charge is 2.62. The quantitative estimate of drug-likeness (QED) is 0.461.